The van der Waals surface area contributed by atoms with Crippen LogP contribution in [0.3, 0.4) is 0 Å². The zero-order valence-electron chi connectivity index (χ0n) is 16.6. The number of aromatic nitrogens is 1. The molecule has 0 saturated heterocycles. The summed E-state index contributed by atoms with van der Waals surface area (Å²) < 4.78 is 0. The third kappa shape index (κ3) is 4.82. The van der Waals surface area contributed by atoms with Crippen LogP contribution in [-0.4, -0.2) is 68.0 Å². The zero-order chi connectivity index (χ0) is 19.1. The SMILES string of the molecule is CCN(CC)CCN(C)C(=O)c1ccc(-c2ccccc2)nc1N(C)C. The minimum absolute atomic E-state index is 0.00738. The van der Waals surface area contributed by atoms with E-state index in [9.17, 15) is 4.79 Å². The highest BCUT2D eigenvalue weighted by Crippen LogP contribution is 2.24. The number of carbonyl (C=O) groups excluding carboxylic acids is 1. The zero-order valence-corrected chi connectivity index (χ0v) is 16.6. The third-order valence-electron chi connectivity index (χ3n) is 4.59. The highest BCUT2D eigenvalue weighted by Gasteiger charge is 2.19. The molecule has 1 amide bonds. The van der Waals surface area contributed by atoms with Gasteiger partial charge in [0.15, 0.2) is 0 Å². The topological polar surface area (TPSA) is 39.7 Å². The van der Waals surface area contributed by atoms with Crippen LogP contribution in [0.1, 0.15) is 24.2 Å². The Hall–Kier alpha value is -2.40. The lowest BCUT2D eigenvalue weighted by molar-refractivity contribution is 0.0780. The highest BCUT2D eigenvalue weighted by molar-refractivity contribution is 5.99. The molecule has 0 bridgehead atoms. The van der Waals surface area contributed by atoms with E-state index in [0.717, 1.165) is 30.9 Å². The molecule has 0 N–H and O–H groups in total. The number of likely N-dealkylation sites (N-methyl/N-ethyl adjacent to an activating group) is 2. The second kappa shape index (κ2) is 9.34. The summed E-state index contributed by atoms with van der Waals surface area (Å²) >= 11 is 0. The van der Waals surface area contributed by atoms with Gasteiger partial charge in [0.05, 0.1) is 11.3 Å². The summed E-state index contributed by atoms with van der Waals surface area (Å²) in [4.78, 5) is 23.7. The van der Waals surface area contributed by atoms with Crippen LogP contribution in [0.5, 0.6) is 0 Å². The number of rotatable bonds is 8. The summed E-state index contributed by atoms with van der Waals surface area (Å²) in [6.45, 7) is 7.85. The molecule has 0 unspecified atom stereocenters. The van der Waals surface area contributed by atoms with Crippen molar-refractivity contribution >= 4 is 11.7 Å². The van der Waals surface area contributed by atoms with Crippen molar-refractivity contribution in [2.24, 2.45) is 0 Å². The number of anilines is 1. The number of hydrogen-bond acceptors (Lipinski definition) is 4. The Morgan fingerprint density at radius 1 is 0.923 bits per heavy atom. The summed E-state index contributed by atoms with van der Waals surface area (Å²) in [6, 6.07) is 13.8. The Bertz CT molecular complexity index is 711. The molecule has 0 aliphatic heterocycles. The summed E-state index contributed by atoms with van der Waals surface area (Å²) in [5.41, 5.74) is 2.55. The number of benzene rings is 1. The molecule has 0 atom stereocenters. The van der Waals surface area contributed by atoms with Crippen LogP contribution in [0.15, 0.2) is 42.5 Å². The van der Waals surface area contributed by atoms with Crippen molar-refractivity contribution in [2.75, 3.05) is 52.2 Å². The molecule has 0 aliphatic carbocycles. The fourth-order valence-electron chi connectivity index (χ4n) is 2.86. The minimum atomic E-state index is 0.00738. The van der Waals surface area contributed by atoms with Crippen LogP contribution in [0.25, 0.3) is 11.3 Å². The minimum Gasteiger partial charge on any atom is -0.362 e. The van der Waals surface area contributed by atoms with Gasteiger partial charge in [-0.1, -0.05) is 44.2 Å². The van der Waals surface area contributed by atoms with Gasteiger partial charge in [-0.2, -0.15) is 0 Å². The first-order chi connectivity index (χ1) is 12.5. The van der Waals surface area contributed by atoms with Gasteiger partial charge in [0.25, 0.3) is 5.91 Å². The van der Waals surface area contributed by atoms with E-state index in [1.54, 1.807) is 4.90 Å². The van der Waals surface area contributed by atoms with E-state index in [2.05, 4.69) is 18.7 Å². The Labute approximate surface area is 157 Å². The molecular weight excluding hydrogens is 324 g/mol. The van der Waals surface area contributed by atoms with E-state index in [1.165, 1.54) is 0 Å². The molecule has 2 aromatic rings. The normalized spacial score (nSPS) is 10.8. The average molecular weight is 354 g/mol. The fourth-order valence-corrected chi connectivity index (χ4v) is 2.86. The van der Waals surface area contributed by atoms with Gasteiger partial charge in [-0.05, 0) is 25.2 Å². The Kier molecular flexibility index (Phi) is 7.16. The molecule has 1 aromatic heterocycles. The van der Waals surface area contributed by atoms with E-state index < -0.39 is 0 Å². The number of pyridine rings is 1. The van der Waals surface area contributed by atoms with E-state index >= 15 is 0 Å². The van der Waals surface area contributed by atoms with Crippen molar-refractivity contribution in [2.45, 2.75) is 13.8 Å². The van der Waals surface area contributed by atoms with E-state index in [-0.39, 0.29) is 5.91 Å². The van der Waals surface area contributed by atoms with Crippen LogP contribution >= 0.6 is 0 Å². The van der Waals surface area contributed by atoms with Gasteiger partial charge in [-0.25, -0.2) is 4.98 Å². The largest absolute Gasteiger partial charge is 0.362 e. The molecule has 5 heteroatoms. The lowest BCUT2D eigenvalue weighted by atomic mass is 10.1. The standard InChI is InChI=1S/C21H30N4O/c1-6-25(7-2)16-15-24(5)21(26)18-13-14-19(22-20(18)23(3)4)17-11-9-8-10-12-17/h8-14H,6-7,15-16H2,1-5H3. The summed E-state index contributed by atoms with van der Waals surface area (Å²) in [6.07, 6.45) is 0. The Morgan fingerprint density at radius 2 is 1.58 bits per heavy atom. The predicted octanol–water partition coefficient (Wildman–Crippen LogP) is 3.23. The van der Waals surface area contributed by atoms with Crippen LogP contribution < -0.4 is 4.90 Å². The first kappa shape index (κ1) is 19.9. The van der Waals surface area contributed by atoms with Crippen molar-refractivity contribution in [3.63, 3.8) is 0 Å². The Balaban J connectivity index is 2.23. The number of nitrogens with zero attached hydrogens (tertiary/aromatic N) is 4. The van der Waals surface area contributed by atoms with Crippen LogP contribution in [0.2, 0.25) is 0 Å². The molecule has 2 rings (SSSR count). The van der Waals surface area contributed by atoms with Gasteiger partial charge in [0, 0.05) is 39.8 Å². The monoisotopic (exact) mass is 354 g/mol. The van der Waals surface area contributed by atoms with Crippen molar-refractivity contribution in [1.82, 2.24) is 14.8 Å². The van der Waals surface area contributed by atoms with Gasteiger partial charge < -0.3 is 14.7 Å². The van der Waals surface area contributed by atoms with E-state index in [1.807, 2.05) is 68.5 Å². The number of amides is 1. The third-order valence-corrected chi connectivity index (χ3v) is 4.59. The smallest absolute Gasteiger partial charge is 0.257 e. The van der Waals surface area contributed by atoms with Crippen LogP contribution in [0, 0.1) is 0 Å². The van der Waals surface area contributed by atoms with Crippen LogP contribution in [0.4, 0.5) is 5.82 Å². The molecule has 1 heterocycles. The Morgan fingerprint density at radius 3 is 2.15 bits per heavy atom. The second-order valence-corrected chi connectivity index (χ2v) is 6.58. The lowest BCUT2D eigenvalue weighted by Gasteiger charge is -2.25. The molecule has 140 valence electrons. The van der Waals surface area contributed by atoms with Crippen molar-refractivity contribution in [3.8, 4) is 11.3 Å². The maximum atomic E-state index is 12.9. The summed E-state index contributed by atoms with van der Waals surface area (Å²) in [5, 5.41) is 0. The highest BCUT2D eigenvalue weighted by atomic mass is 16.2. The van der Waals surface area contributed by atoms with Gasteiger partial charge >= 0.3 is 0 Å². The summed E-state index contributed by atoms with van der Waals surface area (Å²) in [7, 11) is 5.70. The van der Waals surface area contributed by atoms with E-state index in [4.69, 9.17) is 4.98 Å². The maximum absolute atomic E-state index is 12.9. The molecule has 0 spiro atoms. The molecule has 26 heavy (non-hydrogen) atoms. The van der Waals surface area contributed by atoms with E-state index in [0.29, 0.717) is 17.9 Å². The molecule has 5 nitrogen and oxygen atoms in total. The van der Waals surface area contributed by atoms with Gasteiger partial charge in [0.1, 0.15) is 5.82 Å². The fraction of sp³-hybridized carbons (Fsp3) is 0.429. The average Bonchev–Trinajstić information content (AvgIpc) is 2.68. The molecule has 0 saturated carbocycles. The quantitative estimate of drug-likeness (QED) is 0.730. The molecule has 1 aromatic carbocycles. The van der Waals surface area contributed by atoms with Gasteiger partial charge in [0.2, 0.25) is 0 Å². The summed E-state index contributed by atoms with van der Waals surface area (Å²) in [5.74, 6) is 0.707. The first-order valence-electron chi connectivity index (χ1n) is 9.19. The van der Waals surface area contributed by atoms with Crippen LogP contribution in [-0.2, 0) is 0 Å². The van der Waals surface area contributed by atoms with Crippen molar-refractivity contribution in [1.29, 1.82) is 0 Å². The second-order valence-electron chi connectivity index (χ2n) is 6.58. The lowest BCUT2D eigenvalue weighted by Crippen LogP contribution is -2.36. The van der Waals surface area contributed by atoms with Crippen molar-refractivity contribution < 1.29 is 4.79 Å². The number of hydrogen-bond donors (Lipinski definition) is 0. The molecular formula is C21H30N4O. The first-order valence-corrected chi connectivity index (χ1v) is 9.19. The molecule has 0 fully saturated rings. The predicted molar refractivity (Wildman–Crippen MR) is 109 cm³/mol. The van der Waals surface area contributed by atoms with Gasteiger partial charge in [-0.15, -0.1) is 0 Å². The van der Waals surface area contributed by atoms with Crippen molar-refractivity contribution in [3.05, 3.63) is 48.0 Å². The molecule has 0 radical (unpaired) electrons. The number of carbonyl (C=O) groups is 1. The molecule has 0 aliphatic rings. The maximum Gasteiger partial charge on any atom is 0.257 e. The van der Waals surface area contributed by atoms with Gasteiger partial charge in [-0.3, -0.25) is 4.79 Å².